The Balaban J connectivity index is 1.57. The predicted molar refractivity (Wildman–Crippen MR) is 117 cm³/mol. The van der Waals surface area contributed by atoms with Gasteiger partial charge in [0.25, 0.3) is 5.91 Å². The van der Waals surface area contributed by atoms with Crippen molar-refractivity contribution in [3.05, 3.63) is 60.2 Å². The first-order valence-corrected chi connectivity index (χ1v) is 10.7. The zero-order chi connectivity index (χ0) is 27.2. The number of aryl methyl sites for hydroxylation is 2. The smallest absolute Gasteiger partial charge is 0.381 e. The number of nitrogens with one attached hydrogen (secondary N) is 1. The molecule has 196 valence electrons. The second-order valence-electron chi connectivity index (χ2n) is 8.48. The zero-order valence-corrected chi connectivity index (χ0v) is 19.3. The third kappa shape index (κ3) is 5.26. The lowest BCUT2D eigenvalue weighted by molar-refractivity contribution is -0.255. The van der Waals surface area contributed by atoms with Gasteiger partial charge in [-0.1, -0.05) is 0 Å². The highest BCUT2D eigenvalue weighted by molar-refractivity contribution is 6.05. The van der Waals surface area contributed by atoms with Gasteiger partial charge in [-0.25, -0.2) is 14.5 Å². The minimum atomic E-state index is -4.81. The Hall–Kier alpha value is -4.01. The molecule has 0 saturated carbocycles. The number of anilines is 1. The third-order valence-electron chi connectivity index (χ3n) is 5.72. The number of hydrogen-bond donors (Lipinski definition) is 2. The van der Waals surface area contributed by atoms with Crippen LogP contribution in [0.5, 0.6) is 0 Å². The predicted octanol–water partition coefficient (Wildman–Crippen LogP) is 4.27. The molecule has 0 bridgehead atoms. The SMILES string of the molecule is Cc1ncc(-c2cc(C(F)(F)F)c3cncnn23)cc1C(=O)Nc1cn(CCC(C)(O)C(F)(F)F)cn1. The summed E-state index contributed by atoms with van der Waals surface area (Å²) >= 11 is 0. The number of halogens is 6. The van der Waals surface area contributed by atoms with Gasteiger partial charge in [-0.05, 0) is 26.0 Å². The van der Waals surface area contributed by atoms with Crippen molar-refractivity contribution in [3.8, 4) is 11.3 Å². The van der Waals surface area contributed by atoms with Gasteiger partial charge in [0, 0.05) is 30.9 Å². The zero-order valence-electron chi connectivity index (χ0n) is 19.3. The number of alkyl halides is 6. The van der Waals surface area contributed by atoms with E-state index in [4.69, 9.17) is 0 Å². The van der Waals surface area contributed by atoms with E-state index in [1.165, 1.54) is 36.3 Å². The highest BCUT2D eigenvalue weighted by Crippen LogP contribution is 2.37. The largest absolute Gasteiger partial charge is 0.418 e. The maximum atomic E-state index is 13.5. The molecule has 1 unspecified atom stereocenters. The summed E-state index contributed by atoms with van der Waals surface area (Å²) in [6.07, 6.45) is -4.23. The molecule has 2 N–H and O–H groups in total. The number of carbonyl (C=O) groups excluding carboxylic acids is 1. The fourth-order valence-electron chi connectivity index (χ4n) is 3.50. The van der Waals surface area contributed by atoms with E-state index >= 15 is 0 Å². The molecule has 9 nitrogen and oxygen atoms in total. The maximum Gasteiger partial charge on any atom is 0.418 e. The highest BCUT2D eigenvalue weighted by Gasteiger charge is 2.49. The molecule has 0 aliphatic rings. The fraction of sp³-hybridized carbons (Fsp3) is 0.318. The number of rotatable bonds is 6. The van der Waals surface area contributed by atoms with E-state index in [1.807, 2.05) is 0 Å². The van der Waals surface area contributed by atoms with E-state index in [0.717, 1.165) is 23.1 Å². The van der Waals surface area contributed by atoms with E-state index < -0.39 is 35.8 Å². The normalized spacial score (nSPS) is 14.1. The average Bonchev–Trinajstić information content (AvgIpc) is 3.42. The number of hydrogen-bond acceptors (Lipinski definition) is 6. The Labute approximate surface area is 204 Å². The van der Waals surface area contributed by atoms with Crippen molar-refractivity contribution in [1.82, 2.24) is 29.1 Å². The molecule has 0 fully saturated rings. The molecule has 4 aromatic heterocycles. The molecule has 0 aliphatic heterocycles. The van der Waals surface area contributed by atoms with Crippen LogP contribution in [0.15, 0.2) is 43.4 Å². The Morgan fingerprint density at radius 3 is 2.51 bits per heavy atom. The summed E-state index contributed by atoms with van der Waals surface area (Å²) in [5.74, 6) is -0.674. The lowest BCUT2D eigenvalue weighted by atomic mass is 10.0. The van der Waals surface area contributed by atoms with E-state index in [-0.39, 0.29) is 40.4 Å². The summed E-state index contributed by atoms with van der Waals surface area (Å²) in [6, 6.07) is 2.23. The van der Waals surface area contributed by atoms with Crippen LogP contribution in [0.1, 0.15) is 35.0 Å². The van der Waals surface area contributed by atoms with Gasteiger partial charge in [0.2, 0.25) is 0 Å². The third-order valence-corrected chi connectivity index (χ3v) is 5.72. The van der Waals surface area contributed by atoms with Crippen LogP contribution in [-0.4, -0.2) is 51.9 Å². The number of amides is 1. The van der Waals surface area contributed by atoms with Crippen LogP contribution in [0, 0.1) is 6.92 Å². The number of pyridine rings is 1. The minimum Gasteiger partial charge on any atom is -0.381 e. The van der Waals surface area contributed by atoms with Gasteiger partial charge in [0.15, 0.2) is 11.4 Å². The van der Waals surface area contributed by atoms with Crippen molar-refractivity contribution in [2.45, 2.75) is 44.8 Å². The summed E-state index contributed by atoms with van der Waals surface area (Å²) in [6.45, 7) is 1.96. The maximum absolute atomic E-state index is 13.5. The Morgan fingerprint density at radius 1 is 1.11 bits per heavy atom. The second kappa shape index (κ2) is 9.14. The first-order chi connectivity index (χ1) is 17.2. The van der Waals surface area contributed by atoms with Gasteiger partial charge in [-0.3, -0.25) is 9.78 Å². The van der Waals surface area contributed by atoms with Crippen molar-refractivity contribution in [2.75, 3.05) is 5.32 Å². The first-order valence-electron chi connectivity index (χ1n) is 10.7. The molecular weight excluding hydrogens is 508 g/mol. The second-order valence-corrected chi connectivity index (χ2v) is 8.48. The van der Waals surface area contributed by atoms with Crippen LogP contribution in [-0.2, 0) is 12.7 Å². The molecule has 0 saturated heterocycles. The van der Waals surface area contributed by atoms with E-state index in [2.05, 4.69) is 25.4 Å². The molecule has 4 rings (SSSR count). The first kappa shape index (κ1) is 26.1. The molecule has 4 heterocycles. The van der Waals surface area contributed by atoms with Crippen LogP contribution in [0.4, 0.5) is 32.2 Å². The molecule has 15 heteroatoms. The van der Waals surface area contributed by atoms with Crippen molar-refractivity contribution in [3.63, 3.8) is 0 Å². The molecule has 1 amide bonds. The lowest BCUT2D eigenvalue weighted by Crippen LogP contribution is -2.42. The average molecular weight is 527 g/mol. The van der Waals surface area contributed by atoms with Crippen LogP contribution >= 0.6 is 0 Å². The van der Waals surface area contributed by atoms with Crippen LogP contribution in [0.25, 0.3) is 16.8 Å². The molecule has 0 spiro atoms. The highest BCUT2D eigenvalue weighted by atomic mass is 19.4. The summed E-state index contributed by atoms with van der Waals surface area (Å²) < 4.78 is 81.4. The van der Waals surface area contributed by atoms with Crippen molar-refractivity contribution < 1.29 is 36.2 Å². The summed E-state index contributed by atoms with van der Waals surface area (Å²) in [7, 11) is 0. The molecule has 0 radical (unpaired) electrons. The number of aromatic nitrogens is 6. The number of nitrogens with zero attached hydrogens (tertiary/aromatic N) is 6. The summed E-state index contributed by atoms with van der Waals surface area (Å²) in [5, 5.41) is 15.9. The molecule has 0 aromatic carbocycles. The monoisotopic (exact) mass is 527 g/mol. The molecular formula is C22H19F6N7O2. The van der Waals surface area contributed by atoms with Gasteiger partial charge in [-0.2, -0.15) is 31.4 Å². The number of aliphatic hydroxyl groups is 1. The number of fused-ring (bicyclic) bond motifs is 1. The lowest BCUT2D eigenvalue weighted by Gasteiger charge is -2.26. The van der Waals surface area contributed by atoms with Gasteiger partial charge >= 0.3 is 12.4 Å². The van der Waals surface area contributed by atoms with Crippen molar-refractivity contribution in [1.29, 1.82) is 0 Å². The van der Waals surface area contributed by atoms with Gasteiger partial charge in [0.05, 0.1) is 40.6 Å². The standard InChI is InChI=1S/C22H19F6N7O2/c1-12-14(19(36)33-18-9-34(11-31-18)4-3-20(2,37)22(26,27)28)5-13(7-30-12)16-6-15(21(23,24)25)17-8-29-10-32-35(16)17/h5-11,37H,3-4H2,1-2H3,(H,33,36). The summed E-state index contributed by atoms with van der Waals surface area (Å²) in [4.78, 5) is 24.6. The van der Waals surface area contributed by atoms with Crippen molar-refractivity contribution in [2.24, 2.45) is 0 Å². The molecule has 1 atom stereocenters. The van der Waals surface area contributed by atoms with Crippen molar-refractivity contribution >= 4 is 17.2 Å². The molecule has 0 aliphatic carbocycles. The summed E-state index contributed by atoms with van der Waals surface area (Å²) in [5.41, 5.74) is -3.61. The minimum absolute atomic E-state index is 0.0155. The van der Waals surface area contributed by atoms with E-state index in [9.17, 15) is 36.2 Å². The number of imidazole rings is 1. The fourth-order valence-corrected chi connectivity index (χ4v) is 3.50. The quantitative estimate of drug-likeness (QED) is 0.363. The van der Waals surface area contributed by atoms with E-state index in [0.29, 0.717) is 6.92 Å². The van der Waals surface area contributed by atoms with E-state index in [1.54, 1.807) is 0 Å². The van der Waals surface area contributed by atoms with Gasteiger partial charge in [0.1, 0.15) is 6.33 Å². The molecule has 4 aromatic rings. The topological polar surface area (TPSA) is 110 Å². The van der Waals surface area contributed by atoms with Gasteiger partial charge in [-0.15, -0.1) is 0 Å². The Kier molecular flexibility index (Phi) is 6.44. The Morgan fingerprint density at radius 2 is 1.84 bits per heavy atom. The molecule has 37 heavy (non-hydrogen) atoms. The van der Waals surface area contributed by atoms with Crippen LogP contribution in [0.3, 0.4) is 0 Å². The van der Waals surface area contributed by atoms with Gasteiger partial charge < -0.3 is 15.0 Å². The van der Waals surface area contributed by atoms with Crippen LogP contribution in [0.2, 0.25) is 0 Å². The van der Waals surface area contributed by atoms with Crippen LogP contribution < -0.4 is 5.32 Å². The Bertz CT molecular complexity index is 1460. The number of carbonyl (C=O) groups is 1.